The van der Waals surface area contributed by atoms with Crippen LogP contribution in [-0.2, 0) is 11.3 Å². The van der Waals surface area contributed by atoms with Gasteiger partial charge in [-0.1, -0.05) is 42.2 Å². The summed E-state index contributed by atoms with van der Waals surface area (Å²) < 4.78 is 5.07. The van der Waals surface area contributed by atoms with E-state index in [4.69, 9.17) is 4.74 Å². The van der Waals surface area contributed by atoms with Crippen molar-refractivity contribution in [1.82, 2.24) is 5.32 Å². The molecule has 112 valence electrons. The molecule has 4 heteroatoms. The predicted octanol–water partition coefficient (Wildman–Crippen LogP) is 2.98. The van der Waals surface area contributed by atoms with E-state index in [1.165, 1.54) is 0 Å². The summed E-state index contributed by atoms with van der Waals surface area (Å²) in [5.41, 5.74) is 2.64. The fourth-order valence-corrected chi connectivity index (χ4v) is 1.82. The highest BCUT2D eigenvalue weighted by molar-refractivity contribution is 5.67. The lowest BCUT2D eigenvalue weighted by Gasteiger charge is -2.04. The largest absolute Gasteiger partial charge is 0.508 e. The minimum atomic E-state index is -0.499. The molecule has 0 aliphatic rings. The summed E-state index contributed by atoms with van der Waals surface area (Å²) in [6, 6.07) is 14.4. The summed E-state index contributed by atoms with van der Waals surface area (Å²) in [5.74, 6) is 6.00. The van der Waals surface area contributed by atoms with Crippen molar-refractivity contribution in [2.45, 2.75) is 13.5 Å². The fraction of sp³-hybridized carbons (Fsp3) is 0.167. The molecule has 0 fully saturated rings. The second-order valence-electron chi connectivity index (χ2n) is 4.72. The van der Waals surface area contributed by atoms with E-state index in [0.717, 1.165) is 16.7 Å². The molecule has 4 nitrogen and oxygen atoms in total. The molecule has 2 aromatic carbocycles. The second-order valence-corrected chi connectivity index (χ2v) is 4.72. The number of carbonyl (C=O) groups excluding carboxylic acids is 1. The van der Waals surface area contributed by atoms with Crippen LogP contribution in [0.2, 0.25) is 0 Å². The molecule has 2 N–H and O–H groups in total. The Morgan fingerprint density at radius 3 is 2.73 bits per heavy atom. The lowest BCUT2D eigenvalue weighted by Crippen LogP contribution is -2.24. The van der Waals surface area contributed by atoms with Crippen molar-refractivity contribution < 1.29 is 14.6 Å². The van der Waals surface area contributed by atoms with Crippen LogP contribution in [-0.4, -0.2) is 17.7 Å². The molecule has 0 atom stereocenters. The second kappa shape index (κ2) is 7.75. The van der Waals surface area contributed by atoms with Gasteiger partial charge >= 0.3 is 6.09 Å². The van der Waals surface area contributed by atoms with Crippen molar-refractivity contribution in [3.05, 3.63) is 65.2 Å². The number of ether oxygens (including phenoxy) is 1. The molecule has 0 radical (unpaired) electrons. The zero-order valence-corrected chi connectivity index (χ0v) is 12.3. The highest BCUT2D eigenvalue weighted by Gasteiger charge is 2.00. The van der Waals surface area contributed by atoms with Crippen LogP contribution in [0.15, 0.2) is 48.5 Å². The van der Waals surface area contributed by atoms with E-state index >= 15 is 0 Å². The Kier molecular flexibility index (Phi) is 5.44. The van der Waals surface area contributed by atoms with E-state index in [0.29, 0.717) is 0 Å². The molecule has 0 bridgehead atoms. The third kappa shape index (κ3) is 4.88. The number of aryl methyl sites for hydroxylation is 1. The van der Waals surface area contributed by atoms with E-state index < -0.39 is 6.09 Å². The fourth-order valence-electron chi connectivity index (χ4n) is 1.82. The van der Waals surface area contributed by atoms with Gasteiger partial charge in [-0.05, 0) is 36.2 Å². The Bertz CT molecular complexity index is 699. The molecule has 1 amide bonds. The lowest BCUT2D eigenvalue weighted by molar-refractivity contribution is 0.141. The summed E-state index contributed by atoms with van der Waals surface area (Å²) >= 11 is 0. The summed E-state index contributed by atoms with van der Waals surface area (Å²) in [5, 5.41) is 11.9. The monoisotopic (exact) mass is 295 g/mol. The number of carbonyl (C=O) groups is 1. The van der Waals surface area contributed by atoms with Gasteiger partial charge in [-0.2, -0.15) is 0 Å². The Labute approximate surface area is 129 Å². The molecule has 22 heavy (non-hydrogen) atoms. The number of aromatic hydroxyl groups is 1. The molecule has 0 heterocycles. The summed E-state index contributed by atoms with van der Waals surface area (Å²) in [6.07, 6.45) is -0.499. The van der Waals surface area contributed by atoms with Gasteiger partial charge < -0.3 is 15.2 Å². The maximum atomic E-state index is 11.5. The van der Waals surface area contributed by atoms with Crippen molar-refractivity contribution in [2.75, 3.05) is 6.54 Å². The SMILES string of the molecule is Cc1cc(O)ccc1C#CCNC(=O)OCc1ccccc1. The van der Waals surface area contributed by atoms with Crippen molar-refractivity contribution in [2.24, 2.45) is 0 Å². The number of phenols is 1. The topological polar surface area (TPSA) is 58.6 Å². The van der Waals surface area contributed by atoms with Gasteiger partial charge in [0.25, 0.3) is 0 Å². The number of alkyl carbamates (subject to hydrolysis) is 1. The Morgan fingerprint density at radius 2 is 2.00 bits per heavy atom. The quantitative estimate of drug-likeness (QED) is 0.856. The molecule has 2 aromatic rings. The van der Waals surface area contributed by atoms with Gasteiger partial charge in [-0.3, -0.25) is 0 Å². The number of amides is 1. The van der Waals surface area contributed by atoms with Gasteiger partial charge in [0.2, 0.25) is 0 Å². The van der Waals surface area contributed by atoms with E-state index in [2.05, 4.69) is 17.2 Å². The average Bonchev–Trinajstić information content (AvgIpc) is 2.52. The molecular weight excluding hydrogens is 278 g/mol. The van der Waals surface area contributed by atoms with E-state index in [-0.39, 0.29) is 18.9 Å². The standard InChI is InChI=1S/C18H17NO3/c1-14-12-17(20)10-9-16(14)8-5-11-19-18(21)22-13-15-6-3-2-4-7-15/h2-4,6-7,9-10,12,20H,11,13H2,1H3,(H,19,21). The molecule has 0 unspecified atom stereocenters. The van der Waals surface area contributed by atoms with Gasteiger partial charge in [0.15, 0.2) is 0 Å². The zero-order valence-electron chi connectivity index (χ0n) is 12.3. The first-order chi connectivity index (χ1) is 10.6. The third-order valence-electron chi connectivity index (χ3n) is 2.97. The molecule has 0 aliphatic heterocycles. The number of rotatable bonds is 3. The van der Waals surface area contributed by atoms with Crippen LogP contribution >= 0.6 is 0 Å². The van der Waals surface area contributed by atoms with Crippen LogP contribution < -0.4 is 5.32 Å². The highest BCUT2D eigenvalue weighted by Crippen LogP contribution is 2.14. The lowest BCUT2D eigenvalue weighted by atomic mass is 10.1. The third-order valence-corrected chi connectivity index (χ3v) is 2.97. The Morgan fingerprint density at radius 1 is 1.23 bits per heavy atom. The van der Waals surface area contributed by atoms with Gasteiger partial charge in [0, 0.05) is 5.56 Å². The normalized spacial score (nSPS) is 9.50. The zero-order chi connectivity index (χ0) is 15.8. The molecular formula is C18H17NO3. The van der Waals surface area contributed by atoms with Crippen LogP contribution in [0.25, 0.3) is 0 Å². The van der Waals surface area contributed by atoms with Gasteiger partial charge in [0.1, 0.15) is 12.4 Å². The molecule has 2 rings (SSSR count). The number of nitrogens with one attached hydrogen (secondary N) is 1. The molecule has 0 aliphatic carbocycles. The summed E-state index contributed by atoms with van der Waals surface area (Å²) in [6.45, 7) is 2.30. The maximum absolute atomic E-state index is 11.5. The molecule has 0 spiro atoms. The van der Waals surface area contributed by atoms with Crippen LogP contribution in [0, 0.1) is 18.8 Å². The molecule has 0 saturated heterocycles. The molecule has 0 saturated carbocycles. The van der Waals surface area contributed by atoms with E-state index in [1.807, 2.05) is 37.3 Å². The van der Waals surface area contributed by atoms with E-state index in [1.54, 1.807) is 18.2 Å². The van der Waals surface area contributed by atoms with Crippen LogP contribution in [0.3, 0.4) is 0 Å². The highest BCUT2D eigenvalue weighted by atomic mass is 16.5. The molecule has 0 aromatic heterocycles. The van der Waals surface area contributed by atoms with Crippen LogP contribution in [0.1, 0.15) is 16.7 Å². The number of phenolic OH excluding ortho intramolecular Hbond substituents is 1. The van der Waals surface area contributed by atoms with Crippen LogP contribution in [0.4, 0.5) is 4.79 Å². The average molecular weight is 295 g/mol. The predicted molar refractivity (Wildman–Crippen MR) is 84.4 cm³/mol. The number of hydrogen-bond donors (Lipinski definition) is 2. The minimum Gasteiger partial charge on any atom is -0.508 e. The van der Waals surface area contributed by atoms with Crippen molar-refractivity contribution in [3.8, 4) is 17.6 Å². The van der Waals surface area contributed by atoms with Crippen molar-refractivity contribution >= 4 is 6.09 Å². The van der Waals surface area contributed by atoms with Gasteiger partial charge in [0.05, 0.1) is 6.54 Å². The number of hydrogen-bond acceptors (Lipinski definition) is 3. The van der Waals surface area contributed by atoms with Crippen molar-refractivity contribution in [1.29, 1.82) is 0 Å². The van der Waals surface area contributed by atoms with Gasteiger partial charge in [-0.15, -0.1) is 0 Å². The maximum Gasteiger partial charge on any atom is 0.408 e. The summed E-state index contributed by atoms with van der Waals surface area (Å²) in [7, 11) is 0. The van der Waals surface area contributed by atoms with E-state index in [9.17, 15) is 9.90 Å². The Hall–Kier alpha value is -2.93. The summed E-state index contributed by atoms with van der Waals surface area (Å²) in [4.78, 5) is 11.5. The van der Waals surface area contributed by atoms with Crippen molar-refractivity contribution in [3.63, 3.8) is 0 Å². The van der Waals surface area contributed by atoms with Crippen LogP contribution in [0.5, 0.6) is 5.75 Å². The number of benzene rings is 2. The Balaban J connectivity index is 1.76. The smallest absolute Gasteiger partial charge is 0.408 e. The minimum absolute atomic E-state index is 0.202. The first kappa shape index (κ1) is 15.5. The first-order valence-electron chi connectivity index (χ1n) is 6.88. The van der Waals surface area contributed by atoms with Gasteiger partial charge in [-0.25, -0.2) is 4.79 Å². The first-order valence-corrected chi connectivity index (χ1v) is 6.88.